The number of imide groups is 1. The summed E-state index contributed by atoms with van der Waals surface area (Å²) in [5.74, 6) is -3.04. The van der Waals surface area contributed by atoms with Gasteiger partial charge in [-0.05, 0) is 38.5 Å². The Labute approximate surface area is 229 Å². The van der Waals surface area contributed by atoms with Gasteiger partial charge in [0.2, 0.25) is 11.8 Å². The second kappa shape index (κ2) is 9.69. The Morgan fingerprint density at radius 1 is 1.24 bits per heavy atom. The average molecular weight is 584 g/mol. The minimum atomic E-state index is -1.45. The largest absolute Gasteiger partial charge is 0.361 e. The molecule has 0 saturated carbocycles. The van der Waals surface area contributed by atoms with Crippen molar-refractivity contribution in [2.75, 3.05) is 5.32 Å². The summed E-state index contributed by atoms with van der Waals surface area (Å²) in [4.78, 5) is 42.2. The monoisotopic (exact) mass is 583 g/mol. The van der Waals surface area contributed by atoms with E-state index in [1.807, 2.05) is 0 Å². The van der Waals surface area contributed by atoms with Crippen molar-refractivity contribution in [3.8, 4) is 0 Å². The van der Waals surface area contributed by atoms with Gasteiger partial charge in [-0.1, -0.05) is 23.2 Å². The fourth-order valence-electron chi connectivity index (χ4n) is 4.54. The van der Waals surface area contributed by atoms with Gasteiger partial charge in [0, 0.05) is 17.5 Å². The number of thiazole rings is 1. The first-order chi connectivity index (χ1) is 17.9. The van der Waals surface area contributed by atoms with Crippen molar-refractivity contribution in [1.29, 1.82) is 0 Å². The van der Waals surface area contributed by atoms with Crippen LogP contribution in [0.15, 0.2) is 18.2 Å². The van der Waals surface area contributed by atoms with E-state index in [9.17, 15) is 23.9 Å². The molecule has 0 spiro atoms. The van der Waals surface area contributed by atoms with E-state index in [1.54, 1.807) is 13.8 Å². The number of nitrogens with zero attached hydrogens (tertiary/aromatic N) is 2. The highest BCUT2D eigenvalue weighted by Crippen LogP contribution is 2.38. The Morgan fingerprint density at radius 2 is 1.97 bits per heavy atom. The van der Waals surface area contributed by atoms with Crippen LogP contribution >= 0.6 is 34.5 Å². The van der Waals surface area contributed by atoms with Gasteiger partial charge in [-0.25, -0.2) is 13.8 Å². The fraction of sp³-hybridized carbons (Fsp3) is 0.333. The Morgan fingerprint density at radius 3 is 2.68 bits per heavy atom. The molecule has 3 amide bonds. The smallest absolute Gasteiger partial charge is 0.255 e. The van der Waals surface area contributed by atoms with Gasteiger partial charge in [0.25, 0.3) is 5.91 Å². The number of halogens is 4. The number of hydrogen-bond acceptors (Lipinski definition) is 8. The van der Waals surface area contributed by atoms with Gasteiger partial charge >= 0.3 is 0 Å². The standard InChI is InChI=1S/C24H21Cl2F2N5O4S/c1-24(2,22-31-19-14(38-22)7-11(25)18(28)16(19)26)32-23(37)29-12-4-3-9-10(17(12)27)8-33(21(9)36)13-5-6-15(34)30-20(13)35/h3-4,7,13,23,29,32,37H,5-6,8H2,1-2H3,(H,30,34,35). The number of piperidine rings is 1. The van der Waals surface area contributed by atoms with E-state index >= 15 is 4.39 Å². The first-order valence-electron chi connectivity index (χ1n) is 11.5. The van der Waals surface area contributed by atoms with Crippen molar-refractivity contribution in [1.82, 2.24) is 20.5 Å². The maximum absolute atomic E-state index is 15.4. The molecule has 0 aliphatic carbocycles. The fourth-order valence-corrected chi connectivity index (χ4v) is 6.24. The van der Waals surface area contributed by atoms with Crippen molar-refractivity contribution in [2.24, 2.45) is 0 Å². The van der Waals surface area contributed by atoms with Crippen molar-refractivity contribution < 1.29 is 28.3 Å². The first kappa shape index (κ1) is 26.7. The molecule has 3 heterocycles. The third-order valence-corrected chi connectivity index (χ3v) is 8.44. The van der Waals surface area contributed by atoms with Gasteiger partial charge in [-0.2, -0.15) is 0 Å². The zero-order chi connectivity index (χ0) is 27.5. The number of anilines is 1. The summed E-state index contributed by atoms with van der Waals surface area (Å²) in [5.41, 5.74) is -0.609. The van der Waals surface area contributed by atoms with Crippen LogP contribution in [0.25, 0.3) is 10.2 Å². The minimum Gasteiger partial charge on any atom is -0.361 e. The highest BCUT2D eigenvalue weighted by atomic mass is 35.5. The van der Waals surface area contributed by atoms with E-state index in [0.29, 0.717) is 9.71 Å². The highest BCUT2D eigenvalue weighted by molar-refractivity contribution is 7.18. The number of carbonyl (C=O) groups is 3. The summed E-state index contributed by atoms with van der Waals surface area (Å²) in [5, 5.41) is 18.5. The first-order valence-corrected chi connectivity index (χ1v) is 13.1. The van der Waals surface area contributed by atoms with Crippen LogP contribution in [0.1, 0.15) is 47.6 Å². The van der Waals surface area contributed by atoms with Crippen LogP contribution in [0.5, 0.6) is 0 Å². The maximum atomic E-state index is 15.4. The number of hydrogen-bond donors (Lipinski definition) is 4. The summed E-state index contributed by atoms with van der Waals surface area (Å²) < 4.78 is 30.1. The molecule has 0 bridgehead atoms. The average Bonchev–Trinajstić information content (AvgIpc) is 3.42. The minimum absolute atomic E-state index is 0.0707. The molecule has 9 nitrogen and oxygen atoms in total. The van der Waals surface area contributed by atoms with E-state index in [0.717, 1.165) is 0 Å². The molecule has 2 unspecified atom stereocenters. The molecule has 0 radical (unpaired) electrons. The Balaban J connectivity index is 1.32. The van der Waals surface area contributed by atoms with Crippen molar-refractivity contribution >= 4 is 68.2 Å². The van der Waals surface area contributed by atoms with Crippen molar-refractivity contribution in [3.05, 3.63) is 56.0 Å². The SMILES string of the molecule is CC(C)(NC(O)Nc1ccc2c(c1F)CN(C1CCC(=O)NC1=O)C2=O)c1nc2c(Cl)c(F)c(Cl)cc2s1. The molecule has 1 fully saturated rings. The lowest BCUT2D eigenvalue weighted by molar-refractivity contribution is -0.136. The zero-order valence-corrected chi connectivity index (χ0v) is 22.3. The summed E-state index contributed by atoms with van der Waals surface area (Å²) in [6, 6.07) is 3.28. The second-order valence-electron chi connectivity index (χ2n) is 9.52. The Kier molecular flexibility index (Phi) is 6.81. The van der Waals surface area contributed by atoms with Gasteiger partial charge in [0.1, 0.15) is 21.6 Å². The molecule has 2 aliphatic rings. The Bertz CT molecular complexity index is 1510. The molecule has 2 aromatic carbocycles. The lowest BCUT2D eigenvalue weighted by Crippen LogP contribution is -2.52. The maximum Gasteiger partial charge on any atom is 0.255 e. The van der Waals surface area contributed by atoms with Crippen LogP contribution in [-0.4, -0.2) is 45.1 Å². The number of rotatable bonds is 6. The zero-order valence-electron chi connectivity index (χ0n) is 20.0. The van der Waals surface area contributed by atoms with E-state index in [1.165, 1.54) is 34.4 Å². The summed E-state index contributed by atoms with van der Waals surface area (Å²) in [6.45, 7) is 3.29. The number of fused-ring (bicyclic) bond motifs is 2. The molecule has 4 N–H and O–H groups in total. The highest BCUT2D eigenvalue weighted by Gasteiger charge is 2.40. The Hall–Kier alpha value is -2.90. The van der Waals surface area contributed by atoms with Gasteiger partial charge in [-0.3, -0.25) is 25.0 Å². The number of amides is 3. The molecule has 3 aromatic rings. The summed E-state index contributed by atoms with van der Waals surface area (Å²) in [6.07, 6.45) is -1.21. The van der Waals surface area contributed by atoms with Crippen LogP contribution in [0, 0.1) is 11.6 Å². The number of aliphatic hydroxyl groups excluding tert-OH is 1. The van der Waals surface area contributed by atoms with E-state index in [-0.39, 0.29) is 51.8 Å². The molecule has 14 heteroatoms. The van der Waals surface area contributed by atoms with Crippen LogP contribution in [0.4, 0.5) is 14.5 Å². The molecule has 200 valence electrons. The number of aliphatic hydroxyl groups is 1. The molecule has 1 aromatic heterocycles. The van der Waals surface area contributed by atoms with Crippen LogP contribution in [-0.2, 0) is 21.7 Å². The third-order valence-electron chi connectivity index (χ3n) is 6.50. The van der Waals surface area contributed by atoms with Gasteiger partial charge < -0.3 is 15.3 Å². The van der Waals surface area contributed by atoms with E-state index in [2.05, 4.69) is 20.9 Å². The number of carbonyl (C=O) groups excluding carboxylic acids is 3. The van der Waals surface area contributed by atoms with Crippen LogP contribution in [0.2, 0.25) is 10.0 Å². The molecule has 2 atom stereocenters. The van der Waals surface area contributed by atoms with Gasteiger partial charge in [-0.15, -0.1) is 11.3 Å². The molecule has 5 rings (SSSR count). The van der Waals surface area contributed by atoms with Gasteiger partial charge in [0.05, 0.1) is 27.5 Å². The molecular formula is C24H21Cl2F2N5O4S. The van der Waals surface area contributed by atoms with Crippen molar-refractivity contribution in [3.63, 3.8) is 0 Å². The summed E-state index contributed by atoms with van der Waals surface area (Å²) in [7, 11) is 0. The second-order valence-corrected chi connectivity index (χ2v) is 11.3. The molecule has 1 saturated heterocycles. The topological polar surface area (TPSA) is 124 Å². The van der Waals surface area contributed by atoms with Crippen LogP contribution < -0.4 is 16.0 Å². The molecule has 38 heavy (non-hydrogen) atoms. The van der Waals surface area contributed by atoms with Crippen molar-refractivity contribution in [2.45, 2.75) is 51.2 Å². The quantitative estimate of drug-likeness (QED) is 0.197. The van der Waals surface area contributed by atoms with Gasteiger partial charge in [0.15, 0.2) is 18.0 Å². The summed E-state index contributed by atoms with van der Waals surface area (Å²) >= 11 is 13.1. The predicted octanol–water partition coefficient (Wildman–Crippen LogP) is 3.86. The number of nitrogens with one attached hydrogen (secondary N) is 3. The lowest BCUT2D eigenvalue weighted by atomic mass is 10.0. The van der Waals surface area contributed by atoms with E-state index < -0.39 is 47.3 Å². The van der Waals surface area contributed by atoms with E-state index in [4.69, 9.17) is 23.2 Å². The number of benzene rings is 2. The molecule has 2 aliphatic heterocycles. The molecular weight excluding hydrogens is 563 g/mol. The lowest BCUT2D eigenvalue weighted by Gasteiger charge is -2.29. The third kappa shape index (κ3) is 4.60. The number of aromatic nitrogens is 1. The van der Waals surface area contributed by atoms with Crippen LogP contribution in [0.3, 0.4) is 0 Å². The predicted molar refractivity (Wildman–Crippen MR) is 138 cm³/mol. The normalized spacial score (nSPS) is 18.7.